The number of aliphatic imine (C=N–C) groups is 1. The second-order valence-corrected chi connectivity index (χ2v) is 10.00. The number of hydrogen-bond acceptors (Lipinski definition) is 3. The van der Waals surface area contributed by atoms with Crippen molar-refractivity contribution < 1.29 is 9.90 Å². The molecule has 1 N–H and O–H groups in total. The first-order valence-corrected chi connectivity index (χ1v) is 10.8. The van der Waals surface area contributed by atoms with Crippen LogP contribution < -0.4 is 4.90 Å². The van der Waals surface area contributed by atoms with Gasteiger partial charge in [0.1, 0.15) is 18.1 Å². The summed E-state index contributed by atoms with van der Waals surface area (Å²) in [7, 11) is 2.01. The van der Waals surface area contributed by atoms with E-state index in [9.17, 15) is 9.90 Å². The topological polar surface area (TPSA) is 57.8 Å². The lowest BCUT2D eigenvalue weighted by Crippen LogP contribution is -2.34. The molecule has 2 aromatic carbocycles. The van der Waals surface area contributed by atoms with Crippen molar-refractivity contribution in [2.75, 3.05) is 11.4 Å². The molecule has 3 aromatic rings. The Morgan fingerprint density at radius 3 is 2.55 bits per heavy atom. The fraction of sp³-hybridized carbons (Fsp3) is 0.385. The number of rotatable bonds is 4. The van der Waals surface area contributed by atoms with E-state index in [1.165, 1.54) is 0 Å². The molecule has 0 fully saturated rings. The summed E-state index contributed by atoms with van der Waals surface area (Å²) in [6.45, 7) is 10.8. The molecular formula is C26H31N3O2. The molecule has 0 saturated heterocycles. The molecule has 5 nitrogen and oxygen atoms in total. The van der Waals surface area contributed by atoms with Crippen LogP contribution in [0.5, 0.6) is 5.75 Å². The first kappa shape index (κ1) is 21.2. The molecule has 1 aliphatic heterocycles. The largest absolute Gasteiger partial charge is 0.508 e. The maximum Gasteiger partial charge on any atom is 0.254 e. The summed E-state index contributed by atoms with van der Waals surface area (Å²) in [6, 6.07) is 12.0. The molecule has 5 heteroatoms. The zero-order valence-corrected chi connectivity index (χ0v) is 19.2. The van der Waals surface area contributed by atoms with Gasteiger partial charge in [0, 0.05) is 29.7 Å². The van der Waals surface area contributed by atoms with Crippen molar-refractivity contribution in [3.05, 3.63) is 59.3 Å². The molecule has 1 amide bonds. The Kier molecular flexibility index (Phi) is 5.16. The summed E-state index contributed by atoms with van der Waals surface area (Å²) in [6.07, 6.45) is 2.79. The first-order valence-electron chi connectivity index (χ1n) is 10.8. The number of aromatic nitrogens is 1. The molecule has 2 heterocycles. The van der Waals surface area contributed by atoms with Gasteiger partial charge in [-0.2, -0.15) is 0 Å². The molecule has 0 saturated carbocycles. The van der Waals surface area contributed by atoms with Gasteiger partial charge in [-0.1, -0.05) is 34.6 Å². The van der Waals surface area contributed by atoms with Crippen molar-refractivity contribution in [3.63, 3.8) is 0 Å². The minimum Gasteiger partial charge on any atom is -0.508 e. The van der Waals surface area contributed by atoms with Gasteiger partial charge < -0.3 is 9.67 Å². The Balaban J connectivity index is 1.86. The number of anilines is 1. The second-order valence-electron chi connectivity index (χ2n) is 10.00. The van der Waals surface area contributed by atoms with Gasteiger partial charge in [-0.25, -0.2) is 0 Å². The molecule has 1 aromatic heterocycles. The van der Waals surface area contributed by atoms with Gasteiger partial charge in [0.15, 0.2) is 0 Å². The van der Waals surface area contributed by atoms with E-state index in [2.05, 4.69) is 50.2 Å². The second kappa shape index (κ2) is 7.56. The van der Waals surface area contributed by atoms with Gasteiger partial charge in [0.2, 0.25) is 0 Å². The molecule has 31 heavy (non-hydrogen) atoms. The van der Waals surface area contributed by atoms with Crippen LogP contribution in [0, 0.1) is 5.41 Å². The van der Waals surface area contributed by atoms with E-state index in [1.807, 2.05) is 43.6 Å². The van der Waals surface area contributed by atoms with E-state index >= 15 is 0 Å². The van der Waals surface area contributed by atoms with Gasteiger partial charge in [0.05, 0.1) is 5.69 Å². The maximum atomic E-state index is 12.9. The lowest BCUT2D eigenvalue weighted by Gasteiger charge is -2.25. The zero-order chi connectivity index (χ0) is 22.5. The van der Waals surface area contributed by atoms with Crippen molar-refractivity contribution in [2.45, 2.75) is 47.0 Å². The van der Waals surface area contributed by atoms with Crippen LogP contribution in [-0.2, 0) is 18.3 Å². The Morgan fingerprint density at radius 1 is 1.13 bits per heavy atom. The summed E-state index contributed by atoms with van der Waals surface area (Å²) in [5, 5.41) is 11.7. The quantitative estimate of drug-likeness (QED) is 0.619. The fourth-order valence-corrected chi connectivity index (χ4v) is 4.32. The summed E-state index contributed by atoms with van der Waals surface area (Å²) < 4.78 is 2.07. The van der Waals surface area contributed by atoms with Gasteiger partial charge in [0.25, 0.3) is 5.91 Å². The van der Waals surface area contributed by atoms with Crippen molar-refractivity contribution in [1.82, 2.24) is 4.57 Å². The summed E-state index contributed by atoms with van der Waals surface area (Å²) in [5.41, 5.74) is 4.77. The number of fused-ring (bicyclic) bond motifs is 1. The summed E-state index contributed by atoms with van der Waals surface area (Å²) in [5.74, 6) is 1.10. The van der Waals surface area contributed by atoms with Crippen LogP contribution in [0.1, 0.15) is 57.2 Å². The van der Waals surface area contributed by atoms with Crippen molar-refractivity contribution in [2.24, 2.45) is 17.5 Å². The number of amides is 1. The SMILES string of the molecule is CC(C)c1cc(C2=NCC(=O)N2c2ccc3c(ccn3C)c2)c(CC(C)(C)C)cc1O. The lowest BCUT2D eigenvalue weighted by molar-refractivity contribution is -0.115. The molecular weight excluding hydrogens is 386 g/mol. The monoisotopic (exact) mass is 417 g/mol. The Hall–Kier alpha value is -3.08. The number of carbonyl (C=O) groups is 1. The molecule has 0 unspecified atom stereocenters. The van der Waals surface area contributed by atoms with E-state index in [0.29, 0.717) is 11.6 Å². The molecule has 0 atom stereocenters. The van der Waals surface area contributed by atoms with E-state index in [4.69, 9.17) is 0 Å². The third-order valence-corrected chi connectivity index (χ3v) is 5.79. The van der Waals surface area contributed by atoms with Crippen LogP contribution in [-0.4, -0.2) is 28.0 Å². The van der Waals surface area contributed by atoms with Crippen molar-refractivity contribution in [3.8, 4) is 5.75 Å². The number of benzene rings is 2. The van der Waals surface area contributed by atoms with Crippen LogP contribution in [0.15, 0.2) is 47.6 Å². The standard InChI is InChI=1S/C26H31N3O2/c1-16(2)20-13-21(18(12-23(20)30)14-26(3,4)5)25-27-15-24(31)29(25)19-7-8-22-17(11-19)9-10-28(22)6/h7-13,16,30H,14-15H2,1-6H3. The smallest absolute Gasteiger partial charge is 0.254 e. The highest BCUT2D eigenvalue weighted by Crippen LogP contribution is 2.35. The Labute approximate surface area is 184 Å². The van der Waals surface area contributed by atoms with Crippen LogP contribution in [0.3, 0.4) is 0 Å². The lowest BCUT2D eigenvalue weighted by atomic mass is 9.84. The van der Waals surface area contributed by atoms with Crippen molar-refractivity contribution in [1.29, 1.82) is 0 Å². The third kappa shape index (κ3) is 3.97. The molecule has 0 aliphatic carbocycles. The average Bonchev–Trinajstić information content (AvgIpc) is 3.23. The third-order valence-electron chi connectivity index (χ3n) is 5.79. The van der Waals surface area contributed by atoms with E-state index in [0.717, 1.165) is 39.7 Å². The van der Waals surface area contributed by atoms with E-state index in [1.54, 1.807) is 4.90 Å². The summed E-state index contributed by atoms with van der Waals surface area (Å²) in [4.78, 5) is 19.3. The number of phenols is 1. The normalized spacial score (nSPS) is 14.7. The van der Waals surface area contributed by atoms with Crippen LogP contribution in [0.25, 0.3) is 10.9 Å². The number of aromatic hydroxyl groups is 1. The Morgan fingerprint density at radius 2 is 1.87 bits per heavy atom. The highest BCUT2D eigenvalue weighted by Gasteiger charge is 2.31. The molecule has 0 radical (unpaired) electrons. The number of amidine groups is 1. The molecule has 4 rings (SSSR count). The molecule has 162 valence electrons. The number of phenolic OH excluding ortho intramolecular Hbond substituents is 1. The number of aryl methyl sites for hydroxylation is 1. The van der Waals surface area contributed by atoms with Gasteiger partial charge in [-0.3, -0.25) is 14.7 Å². The number of hydrogen-bond donors (Lipinski definition) is 1. The Bertz CT molecular complexity index is 1200. The first-order chi connectivity index (χ1) is 14.5. The maximum absolute atomic E-state index is 12.9. The molecule has 0 bridgehead atoms. The minimum atomic E-state index is -0.0360. The minimum absolute atomic E-state index is 0.0253. The number of carbonyl (C=O) groups excluding carboxylic acids is 1. The molecule has 0 spiro atoms. The van der Waals surface area contributed by atoms with Crippen LogP contribution in [0.4, 0.5) is 5.69 Å². The predicted molar refractivity (Wildman–Crippen MR) is 127 cm³/mol. The van der Waals surface area contributed by atoms with Gasteiger partial charge >= 0.3 is 0 Å². The van der Waals surface area contributed by atoms with E-state index < -0.39 is 0 Å². The molecule has 1 aliphatic rings. The van der Waals surface area contributed by atoms with Gasteiger partial charge in [-0.15, -0.1) is 0 Å². The van der Waals surface area contributed by atoms with Crippen LogP contribution >= 0.6 is 0 Å². The number of nitrogens with zero attached hydrogens (tertiary/aromatic N) is 3. The predicted octanol–water partition coefficient (Wildman–Crippen LogP) is 5.39. The van der Waals surface area contributed by atoms with E-state index in [-0.39, 0.29) is 23.8 Å². The zero-order valence-electron chi connectivity index (χ0n) is 19.2. The van der Waals surface area contributed by atoms with Gasteiger partial charge in [-0.05, 0) is 65.3 Å². The summed E-state index contributed by atoms with van der Waals surface area (Å²) >= 11 is 0. The fourth-order valence-electron chi connectivity index (χ4n) is 4.32. The highest BCUT2D eigenvalue weighted by atomic mass is 16.3. The highest BCUT2D eigenvalue weighted by molar-refractivity contribution is 6.28. The van der Waals surface area contributed by atoms with Crippen LogP contribution in [0.2, 0.25) is 0 Å². The average molecular weight is 418 g/mol. The van der Waals surface area contributed by atoms with Crippen molar-refractivity contribution >= 4 is 28.3 Å².